The van der Waals surface area contributed by atoms with Gasteiger partial charge in [-0.25, -0.2) is 19.0 Å². The van der Waals surface area contributed by atoms with E-state index in [1.54, 1.807) is 23.0 Å². The third-order valence-corrected chi connectivity index (χ3v) is 5.23. The van der Waals surface area contributed by atoms with E-state index in [1.807, 2.05) is 30.3 Å². The molecule has 0 fully saturated rings. The molecule has 0 spiro atoms. The number of thioether (sulfide) groups is 1. The standard InChI is InChI=1S/C20H13FN6OS/c21-14-6-8-15(9-7-14)27-18-16(10-24-27)20(23-12-22-18)29-11-17-25-19(28-26-17)13-4-2-1-3-5-13/h1-10,12H,11H2. The Bertz CT molecular complexity index is 1270. The van der Waals surface area contributed by atoms with Crippen molar-refractivity contribution in [3.63, 3.8) is 0 Å². The number of benzene rings is 2. The SMILES string of the molecule is Fc1ccc(-n2ncc3c(SCc4noc(-c5ccccc5)n4)ncnc32)cc1. The van der Waals surface area contributed by atoms with Crippen LogP contribution in [0.4, 0.5) is 4.39 Å². The van der Waals surface area contributed by atoms with Crippen LogP contribution in [0.3, 0.4) is 0 Å². The normalized spacial score (nSPS) is 11.2. The number of rotatable bonds is 5. The Hall–Kier alpha value is -3.59. The van der Waals surface area contributed by atoms with Crippen LogP contribution >= 0.6 is 11.8 Å². The van der Waals surface area contributed by atoms with E-state index in [2.05, 4.69) is 25.2 Å². The highest BCUT2D eigenvalue weighted by Gasteiger charge is 2.14. The van der Waals surface area contributed by atoms with Gasteiger partial charge in [-0.2, -0.15) is 10.1 Å². The molecule has 7 nitrogen and oxygen atoms in total. The Morgan fingerprint density at radius 3 is 2.66 bits per heavy atom. The summed E-state index contributed by atoms with van der Waals surface area (Å²) in [4.78, 5) is 13.1. The van der Waals surface area contributed by atoms with Gasteiger partial charge in [0.15, 0.2) is 11.5 Å². The van der Waals surface area contributed by atoms with E-state index in [-0.39, 0.29) is 5.82 Å². The van der Waals surface area contributed by atoms with Gasteiger partial charge >= 0.3 is 0 Å². The van der Waals surface area contributed by atoms with Crippen LogP contribution in [-0.4, -0.2) is 29.9 Å². The van der Waals surface area contributed by atoms with Crippen molar-refractivity contribution < 1.29 is 8.91 Å². The third kappa shape index (κ3) is 3.47. The monoisotopic (exact) mass is 404 g/mol. The summed E-state index contributed by atoms with van der Waals surface area (Å²) in [5.41, 5.74) is 2.25. The maximum atomic E-state index is 13.2. The fourth-order valence-corrected chi connectivity index (χ4v) is 3.66. The Labute approximate surface area is 168 Å². The van der Waals surface area contributed by atoms with Gasteiger partial charge in [-0.3, -0.25) is 0 Å². The van der Waals surface area contributed by atoms with E-state index in [1.165, 1.54) is 30.2 Å². The highest BCUT2D eigenvalue weighted by atomic mass is 32.2. The zero-order valence-electron chi connectivity index (χ0n) is 14.9. The number of hydrogen-bond acceptors (Lipinski definition) is 7. The lowest BCUT2D eigenvalue weighted by atomic mass is 10.2. The van der Waals surface area contributed by atoms with Gasteiger partial charge in [-0.1, -0.05) is 35.1 Å². The van der Waals surface area contributed by atoms with E-state index in [4.69, 9.17) is 4.52 Å². The second-order valence-corrected chi connectivity index (χ2v) is 7.08. The Morgan fingerprint density at radius 1 is 1.00 bits per heavy atom. The molecule has 0 saturated carbocycles. The van der Waals surface area contributed by atoms with Gasteiger partial charge in [0.25, 0.3) is 5.89 Å². The van der Waals surface area contributed by atoms with Gasteiger partial charge in [-0.05, 0) is 36.4 Å². The highest BCUT2D eigenvalue weighted by molar-refractivity contribution is 7.98. The van der Waals surface area contributed by atoms with E-state index >= 15 is 0 Å². The molecule has 9 heteroatoms. The molecule has 0 aliphatic heterocycles. The number of halogens is 1. The first-order chi connectivity index (χ1) is 14.3. The van der Waals surface area contributed by atoms with Gasteiger partial charge in [0, 0.05) is 5.56 Å². The average Bonchev–Trinajstić information content (AvgIpc) is 3.41. The van der Waals surface area contributed by atoms with E-state index < -0.39 is 0 Å². The van der Waals surface area contributed by atoms with Crippen LogP contribution in [0.2, 0.25) is 0 Å². The summed E-state index contributed by atoms with van der Waals surface area (Å²) in [6.07, 6.45) is 3.19. The molecule has 0 aliphatic rings. The van der Waals surface area contributed by atoms with Crippen LogP contribution in [0.1, 0.15) is 5.82 Å². The van der Waals surface area contributed by atoms with Crippen molar-refractivity contribution in [2.75, 3.05) is 0 Å². The number of aromatic nitrogens is 6. The van der Waals surface area contributed by atoms with Gasteiger partial charge in [0.2, 0.25) is 0 Å². The summed E-state index contributed by atoms with van der Waals surface area (Å²) in [5.74, 6) is 1.25. The predicted octanol–water partition coefficient (Wildman–Crippen LogP) is 4.30. The molecule has 2 aromatic carbocycles. The largest absolute Gasteiger partial charge is 0.334 e. The maximum Gasteiger partial charge on any atom is 0.257 e. The smallest absolute Gasteiger partial charge is 0.257 e. The average molecular weight is 404 g/mol. The van der Waals surface area contributed by atoms with Crippen LogP contribution in [0.25, 0.3) is 28.2 Å². The lowest BCUT2D eigenvalue weighted by Gasteiger charge is -2.03. The summed E-state index contributed by atoms with van der Waals surface area (Å²) < 4.78 is 20.2. The minimum absolute atomic E-state index is 0.300. The third-order valence-electron chi connectivity index (χ3n) is 4.23. The Kier molecular flexibility index (Phi) is 4.49. The number of hydrogen-bond donors (Lipinski definition) is 0. The van der Waals surface area contributed by atoms with Crippen molar-refractivity contribution in [1.82, 2.24) is 29.9 Å². The molecular formula is C20H13FN6OS. The van der Waals surface area contributed by atoms with Crippen LogP contribution in [0, 0.1) is 5.82 Å². The zero-order valence-corrected chi connectivity index (χ0v) is 15.8. The van der Waals surface area contributed by atoms with Crippen molar-refractivity contribution in [3.8, 4) is 17.1 Å². The van der Waals surface area contributed by atoms with Gasteiger partial charge < -0.3 is 4.52 Å². The fraction of sp³-hybridized carbons (Fsp3) is 0.0500. The lowest BCUT2D eigenvalue weighted by Crippen LogP contribution is -1.98. The summed E-state index contributed by atoms with van der Waals surface area (Å²) in [5, 5.41) is 9.98. The molecule has 0 atom stereocenters. The first-order valence-corrected chi connectivity index (χ1v) is 9.72. The molecule has 0 amide bonds. The molecule has 0 N–H and O–H groups in total. The maximum absolute atomic E-state index is 13.2. The van der Waals surface area contributed by atoms with Crippen LogP contribution in [0.15, 0.2) is 76.7 Å². The first-order valence-electron chi connectivity index (χ1n) is 8.73. The predicted molar refractivity (Wildman–Crippen MR) is 106 cm³/mol. The molecule has 0 bridgehead atoms. The number of fused-ring (bicyclic) bond motifs is 1. The Balaban J connectivity index is 1.39. The van der Waals surface area contributed by atoms with Crippen LogP contribution in [0.5, 0.6) is 0 Å². The molecule has 0 aliphatic carbocycles. The fourth-order valence-electron chi connectivity index (χ4n) is 2.85. The van der Waals surface area contributed by atoms with Crippen molar-refractivity contribution in [2.45, 2.75) is 10.8 Å². The zero-order chi connectivity index (χ0) is 19.6. The summed E-state index contributed by atoms with van der Waals surface area (Å²) in [6.45, 7) is 0. The highest BCUT2D eigenvalue weighted by Crippen LogP contribution is 2.28. The van der Waals surface area contributed by atoms with Crippen LogP contribution in [-0.2, 0) is 5.75 Å². The molecule has 3 aromatic heterocycles. The minimum Gasteiger partial charge on any atom is -0.334 e. The summed E-state index contributed by atoms with van der Waals surface area (Å²) in [7, 11) is 0. The van der Waals surface area contributed by atoms with Crippen molar-refractivity contribution >= 4 is 22.8 Å². The van der Waals surface area contributed by atoms with Crippen molar-refractivity contribution in [2.24, 2.45) is 0 Å². The summed E-state index contributed by atoms with van der Waals surface area (Å²) in [6, 6.07) is 15.7. The molecule has 29 heavy (non-hydrogen) atoms. The first kappa shape index (κ1) is 17.5. The summed E-state index contributed by atoms with van der Waals surface area (Å²) >= 11 is 1.47. The van der Waals surface area contributed by atoms with Crippen molar-refractivity contribution in [3.05, 3.63) is 78.8 Å². The topological polar surface area (TPSA) is 82.5 Å². The molecule has 0 radical (unpaired) electrons. The second kappa shape index (κ2) is 7.44. The second-order valence-electron chi connectivity index (χ2n) is 6.12. The van der Waals surface area contributed by atoms with E-state index in [0.717, 1.165) is 21.7 Å². The van der Waals surface area contributed by atoms with Gasteiger partial charge in [0.05, 0.1) is 23.0 Å². The lowest BCUT2D eigenvalue weighted by molar-refractivity contribution is 0.425. The molecule has 0 saturated heterocycles. The molecule has 3 heterocycles. The van der Waals surface area contributed by atoms with Crippen molar-refractivity contribution in [1.29, 1.82) is 0 Å². The quantitative estimate of drug-likeness (QED) is 0.319. The molecule has 5 rings (SSSR count). The van der Waals surface area contributed by atoms with Gasteiger partial charge in [0.1, 0.15) is 17.2 Å². The number of nitrogens with zero attached hydrogens (tertiary/aromatic N) is 6. The molecule has 5 aromatic rings. The van der Waals surface area contributed by atoms with Crippen LogP contribution < -0.4 is 0 Å². The molecule has 142 valence electrons. The molecule has 0 unspecified atom stereocenters. The molecular weight excluding hydrogens is 391 g/mol. The van der Waals surface area contributed by atoms with Gasteiger partial charge in [-0.15, -0.1) is 0 Å². The van der Waals surface area contributed by atoms with E-state index in [0.29, 0.717) is 23.1 Å². The minimum atomic E-state index is -0.300. The Morgan fingerprint density at radius 2 is 1.83 bits per heavy atom. The van der Waals surface area contributed by atoms with E-state index in [9.17, 15) is 4.39 Å².